The Morgan fingerprint density at radius 2 is 1.93 bits per heavy atom. The minimum absolute atomic E-state index is 0.0668. The Morgan fingerprint density at radius 3 is 2.59 bits per heavy atom. The maximum absolute atomic E-state index is 12.9. The van der Waals surface area contributed by atoms with Gasteiger partial charge in [0, 0.05) is 32.2 Å². The predicted octanol–water partition coefficient (Wildman–Crippen LogP) is 2.34. The van der Waals surface area contributed by atoms with Crippen LogP contribution in [-0.4, -0.2) is 69.3 Å². The first-order valence-corrected chi connectivity index (χ1v) is 11.5. The summed E-state index contributed by atoms with van der Waals surface area (Å²) in [5, 5.41) is 2.72. The fourth-order valence-corrected chi connectivity index (χ4v) is 4.83. The molecule has 8 nitrogen and oxygen atoms in total. The molecule has 1 heterocycles. The van der Waals surface area contributed by atoms with Crippen molar-refractivity contribution in [2.75, 3.05) is 45.2 Å². The van der Waals surface area contributed by atoms with Gasteiger partial charge in [-0.2, -0.15) is 4.31 Å². The van der Waals surface area contributed by atoms with Crippen molar-refractivity contribution in [1.29, 1.82) is 0 Å². The average molecular weight is 446 g/mol. The topological polar surface area (TPSA) is 96.0 Å². The van der Waals surface area contributed by atoms with Crippen LogP contribution in [0.5, 0.6) is 0 Å². The zero-order valence-corrected chi connectivity index (χ0v) is 18.4. The van der Waals surface area contributed by atoms with Crippen molar-refractivity contribution in [2.45, 2.75) is 37.5 Å². The molecule has 1 aromatic rings. The molecule has 29 heavy (non-hydrogen) atoms. The average Bonchev–Trinajstić information content (AvgIpc) is 2.70. The van der Waals surface area contributed by atoms with E-state index in [4.69, 9.17) is 16.3 Å². The smallest absolute Gasteiger partial charge is 0.244 e. The van der Waals surface area contributed by atoms with Crippen LogP contribution < -0.4 is 5.32 Å². The highest BCUT2D eigenvalue weighted by Crippen LogP contribution is 2.28. The number of rotatable bonds is 9. The summed E-state index contributed by atoms with van der Waals surface area (Å²) in [6.45, 7) is 3.10. The molecule has 1 aliphatic heterocycles. The molecule has 1 aromatic carbocycles. The molecule has 0 atom stereocenters. The lowest BCUT2D eigenvalue weighted by atomic mass is 10.2. The SMILES string of the molecule is CCCCCC(=O)N(C)CC(=O)Nc1ccc(Cl)c(S(=O)(=O)N2CCOCC2)c1. The second-order valence-electron chi connectivity index (χ2n) is 6.92. The van der Waals surface area contributed by atoms with Gasteiger partial charge in [0.1, 0.15) is 4.90 Å². The van der Waals surface area contributed by atoms with Crippen molar-refractivity contribution < 1.29 is 22.7 Å². The van der Waals surface area contributed by atoms with Crippen LogP contribution in [0.4, 0.5) is 5.69 Å². The zero-order chi connectivity index (χ0) is 21.4. The van der Waals surface area contributed by atoms with E-state index >= 15 is 0 Å². The first-order valence-electron chi connectivity index (χ1n) is 9.67. The number of halogens is 1. The Kier molecular flexibility index (Phi) is 8.88. The summed E-state index contributed by atoms with van der Waals surface area (Å²) in [5.74, 6) is -0.506. The number of amides is 2. The summed E-state index contributed by atoms with van der Waals surface area (Å²) in [6.07, 6.45) is 3.18. The third-order valence-corrected chi connectivity index (χ3v) is 6.98. The molecular formula is C19H28ClN3O5S. The van der Waals surface area contributed by atoms with Gasteiger partial charge in [0.15, 0.2) is 0 Å². The van der Waals surface area contributed by atoms with E-state index in [1.807, 2.05) is 0 Å². The van der Waals surface area contributed by atoms with E-state index in [1.165, 1.54) is 27.4 Å². The first-order chi connectivity index (χ1) is 13.8. The number of ether oxygens (including phenoxy) is 1. The number of nitrogens with zero attached hydrogens (tertiary/aromatic N) is 2. The summed E-state index contributed by atoms with van der Waals surface area (Å²) in [6, 6.07) is 4.31. The summed E-state index contributed by atoms with van der Waals surface area (Å²) >= 11 is 6.12. The molecule has 2 rings (SSSR count). The normalized spacial score (nSPS) is 15.1. The molecule has 1 N–H and O–H groups in total. The molecule has 0 bridgehead atoms. The monoisotopic (exact) mass is 445 g/mol. The van der Waals surface area contributed by atoms with E-state index in [1.54, 1.807) is 7.05 Å². The van der Waals surface area contributed by atoms with Gasteiger partial charge >= 0.3 is 0 Å². The van der Waals surface area contributed by atoms with Gasteiger partial charge in [0.05, 0.1) is 24.8 Å². The Bertz CT molecular complexity index is 825. The molecule has 0 aliphatic carbocycles. The van der Waals surface area contributed by atoms with Gasteiger partial charge in [-0.1, -0.05) is 31.4 Å². The van der Waals surface area contributed by atoms with Gasteiger partial charge in [0.25, 0.3) is 0 Å². The van der Waals surface area contributed by atoms with Gasteiger partial charge in [-0.25, -0.2) is 8.42 Å². The lowest BCUT2D eigenvalue weighted by molar-refractivity contribution is -0.133. The number of morpholine rings is 1. The number of carbonyl (C=O) groups excluding carboxylic acids is 2. The van der Waals surface area contributed by atoms with Crippen LogP contribution in [0.1, 0.15) is 32.6 Å². The number of nitrogens with one attached hydrogen (secondary N) is 1. The van der Waals surface area contributed by atoms with Crippen molar-refractivity contribution in [3.8, 4) is 0 Å². The number of benzene rings is 1. The Hall–Kier alpha value is -1.68. The number of sulfonamides is 1. The van der Waals surface area contributed by atoms with Crippen LogP contribution in [0.25, 0.3) is 0 Å². The molecule has 0 spiro atoms. The highest BCUT2D eigenvalue weighted by molar-refractivity contribution is 7.89. The second kappa shape index (κ2) is 10.9. The quantitative estimate of drug-likeness (QED) is 0.588. The van der Waals surface area contributed by atoms with Gasteiger partial charge < -0.3 is 15.0 Å². The van der Waals surface area contributed by atoms with Crippen LogP contribution in [0.3, 0.4) is 0 Å². The maximum atomic E-state index is 12.9. The summed E-state index contributed by atoms with van der Waals surface area (Å²) in [5.41, 5.74) is 0.304. The van der Waals surface area contributed by atoms with E-state index in [0.717, 1.165) is 19.3 Å². The molecule has 1 aliphatic rings. The number of anilines is 1. The molecule has 0 unspecified atom stereocenters. The predicted molar refractivity (Wildman–Crippen MR) is 111 cm³/mol. The van der Waals surface area contributed by atoms with E-state index in [-0.39, 0.29) is 35.5 Å². The minimum Gasteiger partial charge on any atom is -0.379 e. The number of unbranched alkanes of at least 4 members (excludes halogenated alkanes) is 2. The van der Waals surface area contributed by atoms with Crippen LogP contribution in [0, 0.1) is 0 Å². The third-order valence-electron chi connectivity index (χ3n) is 4.60. The molecule has 10 heteroatoms. The Balaban J connectivity index is 2.03. The lowest BCUT2D eigenvalue weighted by Crippen LogP contribution is -2.40. The van der Waals surface area contributed by atoms with Crippen molar-refractivity contribution in [3.05, 3.63) is 23.2 Å². The van der Waals surface area contributed by atoms with Crippen molar-refractivity contribution in [1.82, 2.24) is 9.21 Å². The van der Waals surface area contributed by atoms with Crippen LogP contribution in [-0.2, 0) is 24.3 Å². The Labute approximate surface area is 177 Å². The molecule has 0 radical (unpaired) electrons. The fraction of sp³-hybridized carbons (Fsp3) is 0.579. The number of carbonyl (C=O) groups is 2. The van der Waals surface area contributed by atoms with Crippen LogP contribution >= 0.6 is 11.6 Å². The van der Waals surface area contributed by atoms with E-state index < -0.39 is 15.9 Å². The third kappa shape index (κ3) is 6.67. The number of likely N-dealkylation sites (N-methyl/N-ethyl adjacent to an activating group) is 1. The molecule has 1 saturated heterocycles. The molecule has 0 aromatic heterocycles. The molecule has 1 fully saturated rings. The van der Waals surface area contributed by atoms with E-state index in [0.29, 0.717) is 25.3 Å². The molecule has 0 saturated carbocycles. The highest BCUT2D eigenvalue weighted by Gasteiger charge is 2.28. The molecular weight excluding hydrogens is 418 g/mol. The summed E-state index contributed by atoms with van der Waals surface area (Å²) in [4.78, 5) is 25.6. The largest absolute Gasteiger partial charge is 0.379 e. The van der Waals surface area contributed by atoms with Gasteiger partial charge in [0.2, 0.25) is 21.8 Å². The molecule has 162 valence electrons. The van der Waals surface area contributed by atoms with Gasteiger partial charge in [-0.05, 0) is 24.6 Å². The molecule has 2 amide bonds. The summed E-state index contributed by atoms with van der Waals surface area (Å²) in [7, 11) is -2.22. The Morgan fingerprint density at radius 1 is 1.24 bits per heavy atom. The van der Waals surface area contributed by atoms with Crippen LogP contribution in [0.15, 0.2) is 23.1 Å². The van der Waals surface area contributed by atoms with E-state index in [2.05, 4.69) is 12.2 Å². The number of hydrogen-bond acceptors (Lipinski definition) is 5. The standard InChI is InChI=1S/C19H28ClN3O5S/c1-3-4-5-6-19(25)22(2)14-18(24)21-15-7-8-16(20)17(13-15)29(26,27)23-9-11-28-12-10-23/h7-8,13H,3-6,9-12,14H2,1-2H3,(H,21,24). The van der Waals surface area contributed by atoms with Gasteiger partial charge in [-0.3, -0.25) is 9.59 Å². The van der Waals surface area contributed by atoms with Gasteiger partial charge in [-0.15, -0.1) is 0 Å². The minimum atomic E-state index is -3.79. The zero-order valence-electron chi connectivity index (χ0n) is 16.8. The van der Waals surface area contributed by atoms with Crippen molar-refractivity contribution >= 4 is 39.1 Å². The summed E-state index contributed by atoms with van der Waals surface area (Å²) < 4.78 is 32.2. The van der Waals surface area contributed by atoms with Crippen molar-refractivity contribution in [3.63, 3.8) is 0 Å². The second-order valence-corrected chi connectivity index (χ2v) is 9.23. The van der Waals surface area contributed by atoms with E-state index in [9.17, 15) is 18.0 Å². The van der Waals surface area contributed by atoms with Crippen LogP contribution in [0.2, 0.25) is 5.02 Å². The maximum Gasteiger partial charge on any atom is 0.244 e. The fourth-order valence-electron chi connectivity index (χ4n) is 2.93. The van der Waals surface area contributed by atoms with Crippen molar-refractivity contribution in [2.24, 2.45) is 0 Å². The highest BCUT2D eigenvalue weighted by atomic mass is 35.5. The lowest BCUT2D eigenvalue weighted by Gasteiger charge is -2.26. The number of hydrogen-bond donors (Lipinski definition) is 1. The first kappa shape index (κ1) is 23.6.